The summed E-state index contributed by atoms with van der Waals surface area (Å²) in [5.74, 6) is -0.937. The second-order valence-electron chi connectivity index (χ2n) is 3.89. The van der Waals surface area contributed by atoms with Crippen molar-refractivity contribution < 1.29 is 19.8 Å². The van der Waals surface area contributed by atoms with Crippen molar-refractivity contribution in [3.63, 3.8) is 0 Å². The summed E-state index contributed by atoms with van der Waals surface area (Å²) in [6.07, 6.45) is 1.90. The molecule has 0 aromatic rings. The minimum absolute atomic E-state index is 0.0592. The van der Waals surface area contributed by atoms with Crippen LogP contribution in [0.15, 0.2) is 12.7 Å². The number of allylic oxidation sites excluding steroid dienone is 1. The van der Waals surface area contributed by atoms with Gasteiger partial charge in [-0.2, -0.15) is 0 Å². The van der Waals surface area contributed by atoms with Gasteiger partial charge in [-0.05, 0) is 19.3 Å². The molecule has 1 aliphatic heterocycles. The van der Waals surface area contributed by atoms with Crippen LogP contribution in [-0.2, 0) is 4.79 Å². The first-order valence-electron chi connectivity index (χ1n) is 4.84. The van der Waals surface area contributed by atoms with E-state index in [2.05, 4.69) is 6.58 Å². The van der Waals surface area contributed by atoms with Crippen molar-refractivity contribution >= 4 is 12.1 Å². The Hall–Kier alpha value is -1.52. The number of piperidine rings is 1. The Morgan fingerprint density at radius 1 is 1.47 bits per heavy atom. The number of hydrogen-bond acceptors (Lipinski definition) is 2. The van der Waals surface area contributed by atoms with Gasteiger partial charge in [0.1, 0.15) is 0 Å². The summed E-state index contributed by atoms with van der Waals surface area (Å²) in [6.45, 7) is 4.00. The first kappa shape index (κ1) is 11.6. The Morgan fingerprint density at radius 3 is 2.60 bits per heavy atom. The molecule has 1 saturated heterocycles. The minimum Gasteiger partial charge on any atom is -0.481 e. The number of rotatable bonds is 3. The molecule has 84 valence electrons. The number of carboxylic acid groups (broad SMARTS) is 2. The summed E-state index contributed by atoms with van der Waals surface area (Å²) in [5, 5.41) is 18.0. The lowest BCUT2D eigenvalue weighted by Crippen LogP contribution is -2.49. The summed E-state index contributed by atoms with van der Waals surface area (Å²) in [6, 6.07) is 0. The lowest BCUT2D eigenvalue weighted by molar-refractivity contribution is -0.151. The second kappa shape index (κ2) is 4.33. The quantitative estimate of drug-likeness (QED) is 0.695. The van der Waals surface area contributed by atoms with E-state index in [4.69, 9.17) is 10.2 Å². The molecule has 1 unspecified atom stereocenters. The molecule has 0 aromatic heterocycles. The lowest BCUT2D eigenvalue weighted by atomic mass is 9.77. The van der Waals surface area contributed by atoms with Crippen molar-refractivity contribution in [1.29, 1.82) is 0 Å². The highest BCUT2D eigenvalue weighted by Crippen LogP contribution is 2.34. The minimum atomic E-state index is -1.05. The molecule has 0 radical (unpaired) electrons. The molecule has 0 saturated carbocycles. The fourth-order valence-corrected chi connectivity index (χ4v) is 2.00. The highest BCUT2D eigenvalue weighted by Gasteiger charge is 2.42. The van der Waals surface area contributed by atoms with Gasteiger partial charge >= 0.3 is 12.1 Å². The summed E-state index contributed by atoms with van der Waals surface area (Å²) in [5.41, 5.74) is -0.974. The van der Waals surface area contributed by atoms with E-state index in [-0.39, 0.29) is 6.54 Å². The maximum Gasteiger partial charge on any atom is 0.407 e. The fraction of sp³-hybridized carbons (Fsp3) is 0.600. The average molecular weight is 213 g/mol. The Balaban J connectivity index is 2.84. The summed E-state index contributed by atoms with van der Waals surface area (Å²) >= 11 is 0. The third-order valence-electron chi connectivity index (χ3n) is 2.84. The van der Waals surface area contributed by atoms with Gasteiger partial charge in [-0.3, -0.25) is 4.79 Å². The highest BCUT2D eigenvalue weighted by atomic mass is 16.4. The number of likely N-dealkylation sites (tertiary alicyclic amines) is 1. The van der Waals surface area contributed by atoms with Crippen molar-refractivity contribution in [3.05, 3.63) is 12.7 Å². The number of aliphatic carboxylic acids is 1. The molecule has 0 bridgehead atoms. The Morgan fingerprint density at radius 2 is 2.13 bits per heavy atom. The average Bonchev–Trinajstić information content (AvgIpc) is 2.18. The molecule has 5 heteroatoms. The Labute approximate surface area is 88.0 Å². The SMILES string of the molecule is C=CCC1(C(=O)O)CCCN(C(=O)O)C1. The van der Waals surface area contributed by atoms with Crippen molar-refractivity contribution in [2.24, 2.45) is 5.41 Å². The first-order chi connectivity index (χ1) is 7.02. The predicted molar refractivity (Wildman–Crippen MR) is 53.7 cm³/mol. The van der Waals surface area contributed by atoms with E-state index >= 15 is 0 Å². The zero-order valence-corrected chi connectivity index (χ0v) is 8.48. The first-order valence-corrected chi connectivity index (χ1v) is 4.84. The van der Waals surface area contributed by atoms with Gasteiger partial charge in [0, 0.05) is 13.1 Å². The maximum atomic E-state index is 11.2. The number of amides is 1. The van der Waals surface area contributed by atoms with Crippen LogP contribution in [0.2, 0.25) is 0 Å². The van der Waals surface area contributed by atoms with Gasteiger partial charge < -0.3 is 15.1 Å². The van der Waals surface area contributed by atoms with E-state index in [1.54, 1.807) is 6.08 Å². The van der Waals surface area contributed by atoms with Gasteiger partial charge in [0.15, 0.2) is 0 Å². The largest absolute Gasteiger partial charge is 0.481 e. The molecule has 0 spiro atoms. The van der Waals surface area contributed by atoms with Crippen LogP contribution in [0, 0.1) is 5.41 Å². The molecule has 1 amide bonds. The molecule has 1 aliphatic rings. The fourth-order valence-electron chi connectivity index (χ4n) is 2.00. The van der Waals surface area contributed by atoms with Crippen LogP contribution >= 0.6 is 0 Å². The van der Waals surface area contributed by atoms with Crippen LogP contribution in [0.1, 0.15) is 19.3 Å². The van der Waals surface area contributed by atoms with E-state index in [0.29, 0.717) is 25.8 Å². The third-order valence-corrected chi connectivity index (χ3v) is 2.84. The van der Waals surface area contributed by atoms with Gasteiger partial charge in [-0.1, -0.05) is 6.08 Å². The molecule has 0 aromatic carbocycles. The van der Waals surface area contributed by atoms with E-state index in [9.17, 15) is 9.59 Å². The van der Waals surface area contributed by atoms with E-state index < -0.39 is 17.5 Å². The lowest BCUT2D eigenvalue weighted by Gasteiger charge is -2.37. The van der Waals surface area contributed by atoms with Gasteiger partial charge in [-0.25, -0.2) is 4.79 Å². The van der Waals surface area contributed by atoms with Gasteiger partial charge in [0.25, 0.3) is 0 Å². The standard InChI is InChI=1S/C10H15NO4/c1-2-4-10(8(12)13)5-3-6-11(7-10)9(14)15/h2H,1,3-7H2,(H,12,13)(H,14,15). The van der Waals surface area contributed by atoms with Crippen LogP contribution in [0.3, 0.4) is 0 Å². The van der Waals surface area contributed by atoms with Crippen LogP contribution in [0.25, 0.3) is 0 Å². The maximum absolute atomic E-state index is 11.2. The number of carboxylic acids is 1. The number of carbonyl (C=O) groups is 2. The van der Waals surface area contributed by atoms with E-state index in [0.717, 1.165) is 0 Å². The van der Waals surface area contributed by atoms with Crippen LogP contribution < -0.4 is 0 Å². The van der Waals surface area contributed by atoms with Gasteiger partial charge in [0.05, 0.1) is 5.41 Å². The molecular weight excluding hydrogens is 198 g/mol. The Kier molecular flexibility index (Phi) is 3.34. The third kappa shape index (κ3) is 2.29. The number of nitrogens with zero attached hydrogens (tertiary/aromatic N) is 1. The highest BCUT2D eigenvalue weighted by molar-refractivity contribution is 5.76. The van der Waals surface area contributed by atoms with Crippen molar-refractivity contribution in [3.8, 4) is 0 Å². The second-order valence-corrected chi connectivity index (χ2v) is 3.89. The molecule has 15 heavy (non-hydrogen) atoms. The van der Waals surface area contributed by atoms with Crippen LogP contribution in [0.4, 0.5) is 4.79 Å². The van der Waals surface area contributed by atoms with Crippen molar-refractivity contribution in [2.45, 2.75) is 19.3 Å². The molecule has 2 N–H and O–H groups in total. The molecule has 1 rings (SSSR count). The molecule has 0 aliphatic carbocycles. The monoisotopic (exact) mass is 213 g/mol. The molecule has 1 atom stereocenters. The van der Waals surface area contributed by atoms with Crippen LogP contribution in [0.5, 0.6) is 0 Å². The van der Waals surface area contributed by atoms with Crippen molar-refractivity contribution in [1.82, 2.24) is 4.90 Å². The number of hydrogen-bond donors (Lipinski definition) is 2. The van der Waals surface area contributed by atoms with Crippen LogP contribution in [-0.4, -0.2) is 40.3 Å². The Bertz CT molecular complexity index is 289. The molecule has 1 fully saturated rings. The molecular formula is C10H15NO4. The normalized spacial score (nSPS) is 26.0. The zero-order chi connectivity index (χ0) is 11.5. The van der Waals surface area contributed by atoms with Gasteiger partial charge in [0.2, 0.25) is 0 Å². The van der Waals surface area contributed by atoms with E-state index in [1.165, 1.54) is 4.90 Å². The smallest absolute Gasteiger partial charge is 0.407 e. The summed E-state index contributed by atoms with van der Waals surface area (Å²) < 4.78 is 0. The summed E-state index contributed by atoms with van der Waals surface area (Å²) in [4.78, 5) is 23.1. The summed E-state index contributed by atoms with van der Waals surface area (Å²) in [7, 11) is 0. The zero-order valence-electron chi connectivity index (χ0n) is 8.48. The van der Waals surface area contributed by atoms with Gasteiger partial charge in [-0.15, -0.1) is 6.58 Å². The van der Waals surface area contributed by atoms with Crippen molar-refractivity contribution in [2.75, 3.05) is 13.1 Å². The van der Waals surface area contributed by atoms with E-state index in [1.807, 2.05) is 0 Å². The molecule has 1 heterocycles. The molecule has 5 nitrogen and oxygen atoms in total. The predicted octanol–water partition coefficient (Wildman–Crippen LogP) is 1.41. The topological polar surface area (TPSA) is 77.8 Å².